The van der Waals surface area contributed by atoms with Crippen LogP contribution in [0.1, 0.15) is 27.8 Å². The van der Waals surface area contributed by atoms with E-state index in [-0.39, 0.29) is 5.82 Å². The molecule has 1 heteroatoms. The van der Waals surface area contributed by atoms with Crippen LogP contribution in [0.15, 0.2) is 36.4 Å². The molecule has 0 aliphatic carbocycles. The van der Waals surface area contributed by atoms with Gasteiger partial charge in [-0.25, -0.2) is 4.39 Å². The summed E-state index contributed by atoms with van der Waals surface area (Å²) in [5.74, 6) is 7.85. The van der Waals surface area contributed by atoms with Crippen LogP contribution < -0.4 is 0 Å². The molecule has 0 heterocycles. The van der Waals surface area contributed by atoms with Crippen molar-refractivity contribution < 1.29 is 4.39 Å². The molecule has 0 aliphatic heterocycles. The average Bonchev–Trinajstić information content (AvgIpc) is 2.39. The van der Waals surface area contributed by atoms with Crippen LogP contribution in [0.25, 0.3) is 0 Å². The first-order chi connectivity index (χ1) is 9.10. The van der Waals surface area contributed by atoms with Crippen molar-refractivity contribution in [3.63, 3.8) is 0 Å². The minimum Gasteiger partial charge on any atom is -0.206 e. The maximum atomic E-state index is 13.7. The van der Waals surface area contributed by atoms with E-state index in [9.17, 15) is 4.39 Å². The SMILES string of the molecule is C#Cc1ccc(C#Cc2ccc(C)cc2C)c(F)c1. The molecule has 0 amide bonds. The van der Waals surface area contributed by atoms with Gasteiger partial charge >= 0.3 is 0 Å². The second kappa shape index (κ2) is 5.42. The zero-order chi connectivity index (χ0) is 13.8. The molecule has 0 N–H and O–H groups in total. The molecule has 0 radical (unpaired) electrons. The van der Waals surface area contributed by atoms with Gasteiger partial charge in [-0.1, -0.05) is 35.5 Å². The fourth-order valence-corrected chi connectivity index (χ4v) is 1.79. The molecule has 0 nitrogen and oxygen atoms in total. The van der Waals surface area contributed by atoms with Gasteiger partial charge in [-0.05, 0) is 43.7 Å². The number of halogens is 1. The van der Waals surface area contributed by atoms with Crippen molar-refractivity contribution in [2.45, 2.75) is 13.8 Å². The molecular weight excluding hydrogens is 235 g/mol. The molecule has 0 unspecified atom stereocenters. The second-order valence-corrected chi connectivity index (χ2v) is 4.41. The largest absolute Gasteiger partial charge is 0.206 e. The second-order valence-electron chi connectivity index (χ2n) is 4.41. The van der Waals surface area contributed by atoms with Crippen molar-refractivity contribution in [3.05, 3.63) is 70.0 Å². The molecule has 0 atom stereocenters. The fraction of sp³-hybridized carbons (Fsp3) is 0.111. The Hall–Kier alpha value is -2.51. The summed E-state index contributed by atoms with van der Waals surface area (Å²) in [6.45, 7) is 4.03. The van der Waals surface area contributed by atoms with Gasteiger partial charge in [0.1, 0.15) is 5.82 Å². The third kappa shape index (κ3) is 3.03. The fourth-order valence-electron chi connectivity index (χ4n) is 1.79. The summed E-state index contributed by atoms with van der Waals surface area (Å²) in [4.78, 5) is 0. The van der Waals surface area contributed by atoms with Gasteiger partial charge in [0.2, 0.25) is 0 Å². The number of hydrogen-bond acceptors (Lipinski definition) is 0. The molecular formula is C18H13F. The third-order valence-corrected chi connectivity index (χ3v) is 2.85. The number of benzene rings is 2. The molecule has 2 aromatic rings. The van der Waals surface area contributed by atoms with Crippen LogP contribution in [0.5, 0.6) is 0 Å². The highest BCUT2D eigenvalue weighted by Gasteiger charge is 2.00. The third-order valence-electron chi connectivity index (χ3n) is 2.85. The molecule has 0 saturated carbocycles. The first-order valence-electron chi connectivity index (χ1n) is 5.95. The zero-order valence-electron chi connectivity index (χ0n) is 10.9. The van der Waals surface area contributed by atoms with E-state index in [1.54, 1.807) is 12.1 Å². The Morgan fingerprint density at radius 1 is 0.947 bits per heavy atom. The Bertz CT molecular complexity index is 722. The van der Waals surface area contributed by atoms with E-state index in [0.29, 0.717) is 11.1 Å². The summed E-state index contributed by atoms with van der Waals surface area (Å²) in [6, 6.07) is 10.6. The van der Waals surface area contributed by atoms with Crippen molar-refractivity contribution >= 4 is 0 Å². The Kier molecular flexibility index (Phi) is 3.69. The van der Waals surface area contributed by atoms with E-state index in [1.807, 2.05) is 26.0 Å². The van der Waals surface area contributed by atoms with E-state index in [4.69, 9.17) is 6.42 Å². The van der Waals surface area contributed by atoms with Crippen LogP contribution in [-0.4, -0.2) is 0 Å². The van der Waals surface area contributed by atoms with Gasteiger partial charge in [-0.3, -0.25) is 0 Å². The van der Waals surface area contributed by atoms with E-state index in [0.717, 1.165) is 11.1 Å². The van der Waals surface area contributed by atoms with Crippen molar-refractivity contribution in [1.29, 1.82) is 0 Å². The molecule has 0 aliphatic rings. The number of rotatable bonds is 0. The molecule has 0 aromatic heterocycles. The summed E-state index contributed by atoms with van der Waals surface area (Å²) < 4.78 is 13.7. The van der Waals surface area contributed by atoms with Crippen molar-refractivity contribution in [1.82, 2.24) is 0 Å². The average molecular weight is 248 g/mol. The van der Waals surface area contributed by atoms with Gasteiger partial charge in [0.05, 0.1) is 5.56 Å². The quantitative estimate of drug-likeness (QED) is 0.622. The summed E-state index contributed by atoms with van der Waals surface area (Å²) in [5, 5.41) is 0. The van der Waals surface area contributed by atoms with Crippen LogP contribution in [-0.2, 0) is 0 Å². The summed E-state index contributed by atoms with van der Waals surface area (Å²) >= 11 is 0. The monoisotopic (exact) mass is 248 g/mol. The van der Waals surface area contributed by atoms with Crippen LogP contribution in [0, 0.1) is 43.8 Å². The minimum atomic E-state index is -0.382. The van der Waals surface area contributed by atoms with E-state index < -0.39 is 0 Å². The molecule has 0 spiro atoms. The predicted octanol–water partition coefficient (Wildman–Crippen LogP) is 3.82. The highest BCUT2D eigenvalue weighted by Crippen LogP contribution is 2.11. The highest BCUT2D eigenvalue weighted by molar-refractivity contribution is 5.49. The van der Waals surface area contributed by atoms with Gasteiger partial charge in [-0.15, -0.1) is 6.42 Å². The topological polar surface area (TPSA) is 0 Å². The van der Waals surface area contributed by atoms with Crippen molar-refractivity contribution in [2.24, 2.45) is 0 Å². The molecule has 0 saturated heterocycles. The van der Waals surface area contributed by atoms with Crippen molar-refractivity contribution in [2.75, 3.05) is 0 Å². The predicted molar refractivity (Wildman–Crippen MR) is 76.2 cm³/mol. The lowest BCUT2D eigenvalue weighted by Gasteiger charge is -1.99. The van der Waals surface area contributed by atoms with Crippen LogP contribution in [0.2, 0.25) is 0 Å². The maximum Gasteiger partial charge on any atom is 0.140 e. The lowest BCUT2D eigenvalue weighted by molar-refractivity contribution is 0.624. The number of terminal acetylenes is 1. The minimum absolute atomic E-state index is 0.360. The first-order valence-corrected chi connectivity index (χ1v) is 5.95. The Morgan fingerprint density at radius 2 is 1.63 bits per heavy atom. The standard InChI is InChI=1S/C18H13F/c1-4-15-6-8-17(18(19)12-15)10-9-16-7-5-13(2)11-14(16)3/h1,5-8,11-12H,2-3H3. The Labute approximate surface area is 113 Å². The van der Waals surface area contributed by atoms with E-state index >= 15 is 0 Å². The van der Waals surface area contributed by atoms with Crippen LogP contribution in [0.4, 0.5) is 4.39 Å². The van der Waals surface area contributed by atoms with Crippen LogP contribution in [0.3, 0.4) is 0 Å². The lowest BCUT2D eigenvalue weighted by atomic mass is 10.1. The van der Waals surface area contributed by atoms with Crippen molar-refractivity contribution in [3.8, 4) is 24.2 Å². The van der Waals surface area contributed by atoms with E-state index in [1.165, 1.54) is 11.6 Å². The molecule has 92 valence electrons. The maximum absolute atomic E-state index is 13.7. The molecule has 0 bridgehead atoms. The van der Waals surface area contributed by atoms with Gasteiger partial charge in [-0.2, -0.15) is 0 Å². The van der Waals surface area contributed by atoms with Gasteiger partial charge in [0.25, 0.3) is 0 Å². The Balaban J connectivity index is 2.37. The van der Waals surface area contributed by atoms with Gasteiger partial charge in [0, 0.05) is 11.1 Å². The summed E-state index contributed by atoms with van der Waals surface area (Å²) in [6.07, 6.45) is 5.22. The molecule has 2 aromatic carbocycles. The normalized spacial score (nSPS) is 9.37. The molecule has 2 rings (SSSR count). The van der Waals surface area contributed by atoms with Gasteiger partial charge < -0.3 is 0 Å². The zero-order valence-corrected chi connectivity index (χ0v) is 10.9. The summed E-state index contributed by atoms with van der Waals surface area (Å²) in [5.41, 5.74) is 4.07. The number of hydrogen-bond donors (Lipinski definition) is 0. The van der Waals surface area contributed by atoms with E-state index in [2.05, 4.69) is 23.8 Å². The summed E-state index contributed by atoms with van der Waals surface area (Å²) in [7, 11) is 0. The smallest absolute Gasteiger partial charge is 0.140 e. The molecule has 19 heavy (non-hydrogen) atoms. The lowest BCUT2D eigenvalue weighted by Crippen LogP contribution is -1.87. The highest BCUT2D eigenvalue weighted by atomic mass is 19.1. The molecule has 0 fully saturated rings. The Morgan fingerprint density at radius 3 is 2.26 bits per heavy atom. The number of aryl methyl sites for hydroxylation is 2. The van der Waals surface area contributed by atoms with Gasteiger partial charge in [0.15, 0.2) is 0 Å². The first kappa shape index (κ1) is 12.9. The van der Waals surface area contributed by atoms with Crippen LogP contribution >= 0.6 is 0 Å².